The largest absolute Gasteiger partial charge is 0.350 e. The minimum absolute atomic E-state index is 0.279. The fraction of sp³-hybridized carbons (Fsp3) is 0.185. The first-order chi connectivity index (χ1) is 15.3. The highest BCUT2D eigenvalue weighted by Gasteiger charge is 2.38. The van der Waals surface area contributed by atoms with Crippen LogP contribution in [-0.2, 0) is 16.0 Å². The average molecular weight is 445 g/mol. The van der Waals surface area contributed by atoms with Gasteiger partial charge in [0.15, 0.2) is 0 Å². The highest BCUT2D eigenvalue weighted by molar-refractivity contribution is 6.36. The third-order valence-electron chi connectivity index (χ3n) is 5.82. The highest BCUT2D eigenvalue weighted by Crippen LogP contribution is 2.31. The molecule has 162 valence electrons. The van der Waals surface area contributed by atoms with Crippen molar-refractivity contribution in [3.8, 4) is 0 Å². The summed E-state index contributed by atoms with van der Waals surface area (Å²) in [6.07, 6.45) is 0.562. The summed E-state index contributed by atoms with van der Waals surface area (Å²) in [4.78, 5) is 28.1. The lowest BCUT2D eigenvalue weighted by Crippen LogP contribution is -2.34. The summed E-state index contributed by atoms with van der Waals surface area (Å²) < 4.78 is 0. The molecular formula is C27H25ClN2O2. The van der Waals surface area contributed by atoms with Gasteiger partial charge in [-0.15, -0.1) is 0 Å². The fourth-order valence-electron chi connectivity index (χ4n) is 3.74. The topological polar surface area (TPSA) is 49.4 Å². The average Bonchev–Trinajstić information content (AvgIpc) is 3.00. The van der Waals surface area contributed by atoms with Crippen molar-refractivity contribution in [3.05, 3.63) is 105 Å². The van der Waals surface area contributed by atoms with Gasteiger partial charge < -0.3 is 5.32 Å². The first kappa shape index (κ1) is 21.8. The predicted molar refractivity (Wildman–Crippen MR) is 130 cm³/mol. The summed E-state index contributed by atoms with van der Waals surface area (Å²) in [7, 11) is 0. The summed E-state index contributed by atoms with van der Waals surface area (Å²) in [5.41, 5.74) is 6.63. The number of halogens is 1. The second-order valence-corrected chi connectivity index (χ2v) is 8.61. The second kappa shape index (κ2) is 9.01. The van der Waals surface area contributed by atoms with Crippen LogP contribution >= 0.6 is 11.6 Å². The van der Waals surface area contributed by atoms with E-state index in [-0.39, 0.29) is 11.8 Å². The Bertz CT molecular complexity index is 1210. The molecule has 1 heterocycles. The molecule has 0 saturated heterocycles. The van der Waals surface area contributed by atoms with Crippen LogP contribution in [0.25, 0.3) is 5.57 Å². The molecule has 0 atom stereocenters. The molecule has 0 aliphatic carbocycles. The van der Waals surface area contributed by atoms with Crippen molar-refractivity contribution in [2.75, 3.05) is 11.9 Å². The molecule has 4 rings (SSSR count). The number of aryl methyl sites for hydroxylation is 3. The van der Waals surface area contributed by atoms with Crippen LogP contribution in [-0.4, -0.2) is 23.3 Å². The maximum atomic E-state index is 13.4. The monoisotopic (exact) mass is 444 g/mol. The van der Waals surface area contributed by atoms with E-state index in [1.54, 1.807) is 0 Å². The molecule has 1 N–H and O–H groups in total. The Balaban J connectivity index is 1.66. The lowest BCUT2D eigenvalue weighted by Gasteiger charge is -2.15. The number of nitrogens with one attached hydrogen (secondary N) is 1. The summed E-state index contributed by atoms with van der Waals surface area (Å²) >= 11 is 5.97. The molecule has 2 amide bonds. The van der Waals surface area contributed by atoms with Crippen LogP contribution in [0.1, 0.15) is 27.8 Å². The lowest BCUT2D eigenvalue weighted by molar-refractivity contribution is -0.136. The Morgan fingerprint density at radius 3 is 2.16 bits per heavy atom. The zero-order chi connectivity index (χ0) is 22.8. The number of rotatable bonds is 6. The van der Waals surface area contributed by atoms with Gasteiger partial charge in [-0.3, -0.25) is 14.5 Å². The molecule has 0 saturated carbocycles. The van der Waals surface area contributed by atoms with E-state index in [1.807, 2.05) is 87.5 Å². The first-order valence-electron chi connectivity index (χ1n) is 10.6. The van der Waals surface area contributed by atoms with Crippen LogP contribution in [0.4, 0.5) is 5.69 Å². The lowest BCUT2D eigenvalue weighted by atomic mass is 10.0. The number of hydrogen-bond acceptors (Lipinski definition) is 3. The van der Waals surface area contributed by atoms with E-state index in [2.05, 4.69) is 5.32 Å². The van der Waals surface area contributed by atoms with E-state index in [9.17, 15) is 9.59 Å². The van der Waals surface area contributed by atoms with Crippen molar-refractivity contribution in [1.82, 2.24) is 4.90 Å². The molecule has 3 aromatic carbocycles. The zero-order valence-corrected chi connectivity index (χ0v) is 19.2. The number of amides is 2. The summed E-state index contributed by atoms with van der Waals surface area (Å²) in [5.74, 6) is -0.586. The van der Waals surface area contributed by atoms with Crippen molar-refractivity contribution in [3.63, 3.8) is 0 Å². The molecule has 3 aromatic rings. The maximum Gasteiger partial charge on any atom is 0.278 e. The molecule has 0 fully saturated rings. The quantitative estimate of drug-likeness (QED) is 0.496. The van der Waals surface area contributed by atoms with Crippen molar-refractivity contribution in [2.24, 2.45) is 0 Å². The summed E-state index contributed by atoms with van der Waals surface area (Å²) in [5, 5.41) is 3.90. The van der Waals surface area contributed by atoms with Crippen molar-refractivity contribution >= 4 is 34.7 Å². The van der Waals surface area contributed by atoms with E-state index >= 15 is 0 Å². The number of imide groups is 1. The number of benzene rings is 3. The van der Waals surface area contributed by atoms with Crippen LogP contribution in [0.5, 0.6) is 0 Å². The van der Waals surface area contributed by atoms with Gasteiger partial charge in [-0.1, -0.05) is 59.6 Å². The highest BCUT2D eigenvalue weighted by atomic mass is 35.5. The van der Waals surface area contributed by atoms with Crippen LogP contribution in [0.15, 0.2) is 72.4 Å². The molecule has 0 spiro atoms. The van der Waals surface area contributed by atoms with Crippen molar-refractivity contribution in [1.29, 1.82) is 0 Å². The van der Waals surface area contributed by atoms with Gasteiger partial charge in [0, 0.05) is 17.3 Å². The molecule has 0 radical (unpaired) electrons. The van der Waals surface area contributed by atoms with Crippen molar-refractivity contribution < 1.29 is 9.59 Å². The minimum Gasteiger partial charge on any atom is -0.350 e. The third kappa shape index (κ3) is 4.46. The SMILES string of the molecule is Cc1ccc(C2=C(Nc3ccc(C)c(C)c3)C(=O)N(CCc3ccc(Cl)cc3)C2=O)cc1. The van der Waals surface area contributed by atoms with Gasteiger partial charge in [-0.05, 0) is 73.7 Å². The second-order valence-electron chi connectivity index (χ2n) is 8.18. The standard InChI is InChI=1S/C27H25ClN2O2/c1-17-4-9-21(10-5-17)24-25(29-23-13-6-18(2)19(3)16-23)27(32)30(26(24)31)15-14-20-7-11-22(28)12-8-20/h4-13,16,29H,14-15H2,1-3H3. The molecule has 4 nitrogen and oxygen atoms in total. The molecule has 0 unspecified atom stereocenters. The van der Waals surface area contributed by atoms with Gasteiger partial charge >= 0.3 is 0 Å². The molecule has 32 heavy (non-hydrogen) atoms. The number of carbonyl (C=O) groups is 2. The van der Waals surface area contributed by atoms with E-state index < -0.39 is 0 Å². The van der Waals surface area contributed by atoms with Crippen LogP contribution in [0, 0.1) is 20.8 Å². The number of nitrogens with zero attached hydrogens (tertiary/aromatic N) is 1. The molecule has 1 aliphatic heterocycles. The Morgan fingerprint density at radius 1 is 0.812 bits per heavy atom. The number of hydrogen-bond donors (Lipinski definition) is 1. The maximum absolute atomic E-state index is 13.4. The first-order valence-corrected chi connectivity index (χ1v) is 11.0. The predicted octanol–water partition coefficient (Wildman–Crippen LogP) is 5.70. The normalized spacial score (nSPS) is 13.8. The van der Waals surface area contributed by atoms with Crippen LogP contribution < -0.4 is 5.32 Å². The molecule has 0 bridgehead atoms. The summed E-state index contributed by atoms with van der Waals surface area (Å²) in [6, 6.07) is 21.0. The molecule has 1 aliphatic rings. The zero-order valence-electron chi connectivity index (χ0n) is 18.4. The van der Waals surface area contributed by atoms with E-state index in [0.717, 1.165) is 27.9 Å². The van der Waals surface area contributed by atoms with E-state index in [4.69, 9.17) is 11.6 Å². The van der Waals surface area contributed by atoms with E-state index in [1.165, 1.54) is 10.5 Å². The number of anilines is 1. The molecule has 5 heteroatoms. The molecular weight excluding hydrogens is 420 g/mol. The van der Waals surface area contributed by atoms with Crippen LogP contribution in [0.3, 0.4) is 0 Å². The molecule has 0 aromatic heterocycles. The van der Waals surface area contributed by atoms with Crippen LogP contribution in [0.2, 0.25) is 5.02 Å². The third-order valence-corrected chi connectivity index (χ3v) is 6.07. The Labute approximate surface area is 193 Å². The van der Waals surface area contributed by atoms with Gasteiger partial charge in [0.05, 0.1) is 5.57 Å². The smallest absolute Gasteiger partial charge is 0.278 e. The fourth-order valence-corrected chi connectivity index (χ4v) is 3.86. The van der Waals surface area contributed by atoms with Crippen molar-refractivity contribution in [2.45, 2.75) is 27.2 Å². The van der Waals surface area contributed by atoms with Gasteiger partial charge in [-0.2, -0.15) is 0 Å². The number of carbonyl (C=O) groups excluding carboxylic acids is 2. The summed E-state index contributed by atoms with van der Waals surface area (Å²) in [6.45, 7) is 6.36. The van der Waals surface area contributed by atoms with Gasteiger partial charge in [0.1, 0.15) is 5.70 Å². The minimum atomic E-state index is -0.308. The Morgan fingerprint density at radius 2 is 1.50 bits per heavy atom. The van der Waals surface area contributed by atoms with E-state index in [0.29, 0.717) is 29.3 Å². The van der Waals surface area contributed by atoms with Gasteiger partial charge in [-0.25, -0.2) is 0 Å². The Hall–Kier alpha value is -3.37. The van der Waals surface area contributed by atoms with Gasteiger partial charge in [0.25, 0.3) is 11.8 Å². The van der Waals surface area contributed by atoms with Gasteiger partial charge in [0.2, 0.25) is 0 Å². The Kier molecular flexibility index (Phi) is 6.15.